The van der Waals surface area contributed by atoms with Gasteiger partial charge < -0.3 is 14.8 Å². The van der Waals surface area contributed by atoms with Crippen LogP contribution in [0.1, 0.15) is 17.4 Å². The van der Waals surface area contributed by atoms with Crippen LogP contribution >= 0.6 is 11.6 Å². The molecule has 2 aromatic carbocycles. The molecule has 0 saturated carbocycles. The van der Waals surface area contributed by atoms with Crippen LogP contribution in [0, 0.1) is 10.1 Å². The number of ether oxygens (including phenoxy) is 2. The van der Waals surface area contributed by atoms with Crippen LogP contribution in [-0.4, -0.2) is 39.8 Å². The van der Waals surface area contributed by atoms with Gasteiger partial charge in [-0.1, -0.05) is 29.8 Å². The number of nitrogens with one attached hydrogen (secondary N) is 1. The number of carbonyl (C=O) groups is 2. The van der Waals surface area contributed by atoms with Crippen molar-refractivity contribution in [3.05, 3.63) is 75.6 Å². The number of benzene rings is 2. The lowest BCUT2D eigenvalue weighted by atomic mass is 10.2. The molecule has 0 bridgehead atoms. The summed E-state index contributed by atoms with van der Waals surface area (Å²) in [6.45, 7) is 1.35. The zero-order valence-electron chi connectivity index (χ0n) is 16.4. The topological polar surface area (TPSA) is 126 Å². The first-order chi connectivity index (χ1) is 14.8. The molecule has 0 aliphatic carbocycles. The fraction of sp³-hybridized carbons (Fsp3) is 0.150. The summed E-state index contributed by atoms with van der Waals surface area (Å²) in [6, 6.07) is 12.7. The monoisotopic (exact) mass is 444 g/mol. The van der Waals surface area contributed by atoms with Crippen LogP contribution in [0.4, 0.5) is 11.4 Å². The Balaban J connectivity index is 1.73. The first kappa shape index (κ1) is 21.8. The number of rotatable bonds is 7. The number of esters is 1. The number of hydrogen-bond acceptors (Lipinski definition) is 7. The molecular formula is C20H17ClN4O6. The molecule has 0 saturated heterocycles. The molecule has 10 nitrogen and oxygen atoms in total. The van der Waals surface area contributed by atoms with Gasteiger partial charge in [0.2, 0.25) is 5.69 Å². The summed E-state index contributed by atoms with van der Waals surface area (Å²) in [4.78, 5) is 35.3. The molecule has 160 valence electrons. The maximum Gasteiger partial charge on any atom is 0.363 e. The standard InChI is InChI=1S/C20H17ClN4O6/c1-12(19(26)22-16-10-14(25(28)29)8-9-15(16)21)31-20(27)18-17(30-2)11-24(23-18)13-6-4-3-5-7-13/h3-12H,1-2H3,(H,22,26). The minimum absolute atomic E-state index is 0.0229. The highest BCUT2D eigenvalue weighted by Crippen LogP contribution is 2.27. The number of aromatic nitrogens is 2. The minimum atomic E-state index is -1.24. The van der Waals surface area contributed by atoms with Gasteiger partial charge >= 0.3 is 5.97 Å². The van der Waals surface area contributed by atoms with Gasteiger partial charge in [-0.2, -0.15) is 5.10 Å². The van der Waals surface area contributed by atoms with Crippen LogP contribution in [0.15, 0.2) is 54.7 Å². The van der Waals surface area contributed by atoms with Crippen molar-refractivity contribution in [3.8, 4) is 11.4 Å². The summed E-state index contributed by atoms with van der Waals surface area (Å²) in [7, 11) is 1.38. The molecule has 0 aliphatic rings. The second-order valence-electron chi connectivity index (χ2n) is 6.28. The molecule has 1 heterocycles. The third kappa shape index (κ3) is 4.98. The zero-order valence-corrected chi connectivity index (χ0v) is 17.2. The van der Waals surface area contributed by atoms with E-state index in [1.807, 2.05) is 18.2 Å². The maximum absolute atomic E-state index is 12.6. The summed E-state index contributed by atoms with van der Waals surface area (Å²) < 4.78 is 11.8. The Morgan fingerprint density at radius 3 is 2.58 bits per heavy atom. The lowest BCUT2D eigenvalue weighted by molar-refractivity contribution is -0.384. The van der Waals surface area contributed by atoms with Crippen molar-refractivity contribution in [2.75, 3.05) is 12.4 Å². The summed E-state index contributed by atoms with van der Waals surface area (Å²) in [5, 5.41) is 17.6. The average molecular weight is 445 g/mol. The van der Waals surface area contributed by atoms with E-state index in [9.17, 15) is 19.7 Å². The van der Waals surface area contributed by atoms with E-state index in [1.54, 1.807) is 12.1 Å². The first-order valence-electron chi connectivity index (χ1n) is 8.95. The van der Waals surface area contributed by atoms with E-state index in [0.717, 1.165) is 6.07 Å². The lowest BCUT2D eigenvalue weighted by Crippen LogP contribution is -2.30. The van der Waals surface area contributed by atoms with Crippen LogP contribution in [-0.2, 0) is 9.53 Å². The van der Waals surface area contributed by atoms with Gasteiger partial charge in [-0.05, 0) is 25.1 Å². The Bertz CT molecular complexity index is 1130. The predicted octanol–water partition coefficient (Wildman–Crippen LogP) is 3.63. The van der Waals surface area contributed by atoms with E-state index in [0.29, 0.717) is 5.69 Å². The Morgan fingerprint density at radius 1 is 1.23 bits per heavy atom. The number of carbonyl (C=O) groups excluding carboxylic acids is 2. The van der Waals surface area contributed by atoms with Gasteiger partial charge in [-0.15, -0.1) is 0 Å². The van der Waals surface area contributed by atoms with Gasteiger partial charge in [0.15, 0.2) is 11.9 Å². The highest BCUT2D eigenvalue weighted by Gasteiger charge is 2.25. The van der Waals surface area contributed by atoms with Crippen LogP contribution < -0.4 is 10.1 Å². The Labute approximate surface area is 181 Å². The van der Waals surface area contributed by atoms with Gasteiger partial charge in [0.05, 0.1) is 34.6 Å². The van der Waals surface area contributed by atoms with Gasteiger partial charge in [-0.3, -0.25) is 14.9 Å². The number of nitrogens with zero attached hydrogens (tertiary/aromatic N) is 3. The zero-order chi connectivity index (χ0) is 22.5. The van der Waals surface area contributed by atoms with E-state index < -0.39 is 22.9 Å². The molecule has 0 radical (unpaired) electrons. The van der Waals surface area contributed by atoms with Gasteiger partial charge in [0, 0.05) is 12.1 Å². The molecule has 1 amide bonds. The highest BCUT2D eigenvalue weighted by molar-refractivity contribution is 6.33. The van der Waals surface area contributed by atoms with Crippen molar-refractivity contribution in [2.24, 2.45) is 0 Å². The van der Waals surface area contributed by atoms with E-state index in [1.165, 1.54) is 37.0 Å². The SMILES string of the molecule is COc1cn(-c2ccccc2)nc1C(=O)OC(C)C(=O)Nc1cc([N+](=O)[O-])ccc1Cl. The summed E-state index contributed by atoms with van der Waals surface area (Å²) in [6.07, 6.45) is 0.272. The van der Waals surface area contributed by atoms with Crippen LogP contribution in [0.5, 0.6) is 5.75 Å². The Kier molecular flexibility index (Phi) is 6.51. The second kappa shape index (κ2) is 9.26. The number of nitro benzene ring substituents is 1. The van der Waals surface area contributed by atoms with Gasteiger partial charge in [0.1, 0.15) is 0 Å². The van der Waals surface area contributed by atoms with Gasteiger partial charge in [-0.25, -0.2) is 9.48 Å². The fourth-order valence-electron chi connectivity index (χ4n) is 2.59. The van der Waals surface area contributed by atoms with Gasteiger partial charge in [0.25, 0.3) is 11.6 Å². The normalized spacial score (nSPS) is 11.5. The van der Waals surface area contributed by atoms with Crippen molar-refractivity contribution in [3.63, 3.8) is 0 Å². The Hall–Kier alpha value is -3.92. The molecule has 1 aromatic heterocycles. The van der Waals surface area contributed by atoms with E-state index in [2.05, 4.69) is 10.4 Å². The number of nitro groups is 1. The smallest absolute Gasteiger partial charge is 0.363 e. The molecule has 0 spiro atoms. The molecule has 11 heteroatoms. The third-order valence-electron chi connectivity index (χ3n) is 4.19. The van der Waals surface area contributed by atoms with Crippen molar-refractivity contribution in [2.45, 2.75) is 13.0 Å². The maximum atomic E-state index is 12.6. The molecule has 3 rings (SSSR count). The number of methoxy groups -OCH3 is 1. The average Bonchev–Trinajstić information content (AvgIpc) is 3.20. The molecule has 31 heavy (non-hydrogen) atoms. The van der Waals surface area contributed by atoms with E-state index in [4.69, 9.17) is 21.1 Å². The third-order valence-corrected chi connectivity index (χ3v) is 4.52. The van der Waals surface area contributed by atoms with E-state index in [-0.39, 0.29) is 27.8 Å². The highest BCUT2D eigenvalue weighted by atomic mass is 35.5. The van der Waals surface area contributed by atoms with E-state index >= 15 is 0 Å². The molecule has 1 atom stereocenters. The summed E-state index contributed by atoms with van der Waals surface area (Å²) >= 11 is 5.98. The first-order valence-corrected chi connectivity index (χ1v) is 9.32. The molecular weight excluding hydrogens is 428 g/mol. The number of amides is 1. The fourth-order valence-corrected chi connectivity index (χ4v) is 2.75. The Morgan fingerprint density at radius 2 is 1.94 bits per heavy atom. The van der Waals surface area contributed by atoms with Crippen molar-refractivity contribution >= 4 is 34.9 Å². The lowest BCUT2D eigenvalue weighted by Gasteiger charge is -2.13. The van der Waals surface area contributed by atoms with Crippen LogP contribution in [0.3, 0.4) is 0 Å². The second-order valence-corrected chi connectivity index (χ2v) is 6.69. The molecule has 0 fully saturated rings. The predicted molar refractivity (Wildman–Crippen MR) is 112 cm³/mol. The van der Waals surface area contributed by atoms with Crippen LogP contribution in [0.25, 0.3) is 5.69 Å². The van der Waals surface area contributed by atoms with Crippen molar-refractivity contribution < 1.29 is 24.0 Å². The van der Waals surface area contributed by atoms with Crippen LogP contribution in [0.2, 0.25) is 5.02 Å². The minimum Gasteiger partial charge on any atom is -0.493 e. The number of halogens is 1. The van der Waals surface area contributed by atoms with Crippen molar-refractivity contribution in [1.82, 2.24) is 9.78 Å². The molecule has 1 N–H and O–H groups in total. The number of anilines is 1. The quantitative estimate of drug-likeness (QED) is 0.335. The summed E-state index contributed by atoms with van der Waals surface area (Å²) in [5.41, 5.74) is 0.362. The number of para-hydroxylation sites is 1. The molecule has 0 aliphatic heterocycles. The largest absolute Gasteiger partial charge is 0.493 e. The van der Waals surface area contributed by atoms with Crippen molar-refractivity contribution in [1.29, 1.82) is 0 Å². The number of non-ortho nitro benzene ring substituents is 1. The molecule has 3 aromatic rings. The number of hydrogen-bond donors (Lipinski definition) is 1. The molecule has 1 unspecified atom stereocenters. The summed E-state index contributed by atoms with van der Waals surface area (Å²) in [5.74, 6) is -1.43.